The van der Waals surface area contributed by atoms with Crippen LogP contribution in [0.2, 0.25) is 0 Å². The number of amides is 1. The maximum absolute atomic E-state index is 14.2. The third-order valence-corrected chi connectivity index (χ3v) is 4.65. The molecule has 1 amide bonds. The molecule has 1 N–H and O–H groups in total. The van der Waals surface area contributed by atoms with Crippen molar-refractivity contribution in [2.75, 3.05) is 0 Å². The lowest BCUT2D eigenvalue weighted by molar-refractivity contribution is -0.126. The van der Waals surface area contributed by atoms with Gasteiger partial charge in [-0.1, -0.05) is 43.2 Å². The van der Waals surface area contributed by atoms with Crippen LogP contribution in [0.3, 0.4) is 0 Å². The van der Waals surface area contributed by atoms with Gasteiger partial charge in [-0.15, -0.1) is 0 Å². The second-order valence-corrected chi connectivity index (χ2v) is 6.08. The molecule has 23 heavy (non-hydrogen) atoms. The van der Waals surface area contributed by atoms with Crippen molar-refractivity contribution in [1.82, 2.24) is 5.32 Å². The van der Waals surface area contributed by atoms with Crippen LogP contribution in [0.15, 0.2) is 48.5 Å². The van der Waals surface area contributed by atoms with Crippen LogP contribution in [0.5, 0.6) is 0 Å². The van der Waals surface area contributed by atoms with Crippen molar-refractivity contribution >= 4 is 5.91 Å². The van der Waals surface area contributed by atoms with Gasteiger partial charge in [-0.05, 0) is 36.6 Å². The number of carbonyl (C=O) groups is 1. The zero-order chi connectivity index (χ0) is 16.3. The van der Waals surface area contributed by atoms with E-state index in [0.29, 0.717) is 24.9 Å². The predicted octanol–water partition coefficient (Wildman–Crippen LogP) is 4.09. The molecule has 2 aromatic rings. The highest BCUT2D eigenvalue weighted by Crippen LogP contribution is 2.42. The zero-order valence-corrected chi connectivity index (χ0v) is 12.8. The number of benzene rings is 2. The summed E-state index contributed by atoms with van der Waals surface area (Å²) in [6.45, 7) is 0.315. The quantitative estimate of drug-likeness (QED) is 0.904. The fourth-order valence-electron chi connectivity index (χ4n) is 3.40. The summed E-state index contributed by atoms with van der Waals surface area (Å²) in [5, 5.41) is 2.90. The Balaban J connectivity index is 1.80. The van der Waals surface area contributed by atoms with Crippen LogP contribution in [0, 0.1) is 11.6 Å². The number of hydrogen-bond acceptors (Lipinski definition) is 1. The molecule has 0 radical (unpaired) electrons. The lowest BCUT2D eigenvalue weighted by Crippen LogP contribution is -2.42. The van der Waals surface area contributed by atoms with E-state index < -0.39 is 5.41 Å². The van der Waals surface area contributed by atoms with Gasteiger partial charge in [-0.3, -0.25) is 4.79 Å². The van der Waals surface area contributed by atoms with Crippen LogP contribution in [-0.2, 0) is 16.8 Å². The number of rotatable bonds is 4. The van der Waals surface area contributed by atoms with E-state index in [4.69, 9.17) is 0 Å². The monoisotopic (exact) mass is 315 g/mol. The van der Waals surface area contributed by atoms with E-state index in [-0.39, 0.29) is 17.5 Å². The summed E-state index contributed by atoms with van der Waals surface area (Å²) in [5.41, 5.74) is 0.515. The maximum Gasteiger partial charge on any atom is 0.231 e. The van der Waals surface area contributed by atoms with Gasteiger partial charge in [-0.2, -0.15) is 0 Å². The molecule has 2 nitrogen and oxygen atoms in total. The Morgan fingerprint density at radius 2 is 1.65 bits per heavy atom. The SMILES string of the molecule is O=C(NCc1ccc(F)cc1)C1(c2ccccc2F)CCCC1. The van der Waals surface area contributed by atoms with Gasteiger partial charge in [0.1, 0.15) is 11.6 Å². The first-order valence-corrected chi connectivity index (χ1v) is 7.90. The molecular formula is C19H19F2NO. The van der Waals surface area contributed by atoms with Crippen molar-refractivity contribution in [3.05, 3.63) is 71.3 Å². The van der Waals surface area contributed by atoms with E-state index in [2.05, 4.69) is 5.32 Å². The first-order valence-electron chi connectivity index (χ1n) is 7.90. The second-order valence-electron chi connectivity index (χ2n) is 6.08. The van der Waals surface area contributed by atoms with Crippen molar-refractivity contribution in [1.29, 1.82) is 0 Å². The molecular weight excluding hydrogens is 296 g/mol. The van der Waals surface area contributed by atoms with E-state index in [0.717, 1.165) is 18.4 Å². The average Bonchev–Trinajstić information content (AvgIpc) is 3.05. The summed E-state index contributed by atoms with van der Waals surface area (Å²) in [6, 6.07) is 12.5. The van der Waals surface area contributed by atoms with Gasteiger partial charge >= 0.3 is 0 Å². The molecule has 0 unspecified atom stereocenters. The summed E-state index contributed by atoms with van der Waals surface area (Å²) in [5.74, 6) is -0.783. The predicted molar refractivity (Wildman–Crippen MR) is 84.8 cm³/mol. The molecule has 0 aromatic heterocycles. The van der Waals surface area contributed by atoms with Crippen LogP contribution < -0.4 is 5.32 Å². The normalized spacial score (nSPS) is 16.3. The van der Waals surface area contributed by atoms with Gasteiger partial charge in [0, 0.05) is 12.1 Å². The van der Waals surface area contributed by atoms with E-state index in [9.17, 15) is 13.6 Å². The number of halogens is 2. The first-order chi connectivity index (χ1) is 11.1. The second kappa shape index (κ2) is 6.49. The molecule has 1 aliphatic rings. The Labute approximate surface area is 134 Å². The fourth-order valence-corrected chi connectivity index (χ4v) is 3.40. The van der Waals surface area contributed by atoms with Crippen molar-refractivity contribution < 1.29 is 13.6 Å². The molecule has 1 saturated carbocycles. The van der Waals surface area contributed by atoms with Gasteiger partial charge < -0.3 is 5.32 Å². The smallest absolute Gasteiger partial charge is 0.231 e. The highest BCUT2D eigenvalue weighted by atomic mass is 19.1. The highest BCUT2D eigenvalue weighted by Gasteiger charge is 2.44. The average molecular weight is 315 g/mol. The van der Waals surface area contributed by atoms with E-state index >= 15 is 0 Å². The lowest BCUT2D eigenvalue weighted by atomic mass is 9.77. The molecule has 0 aliphatic heterocycles. The molecule has 1 aliphatic carbocycles. The van der Waals surface area contributed by atoms with Crippen LogP contribution in [0.25, 0.3) is 0 Å². The van der Waals surface area contributed by atoms with Gasteiger partial charge in [0.25, 0.3) is 0 Å². The van der Waals surface area contributed by atoms with Crippen LogP contribution in [-0.4, -0.2) is 5.91 Å². The summed E-state index contributed by atoms with van der Waals surface area (Å²) >= 11 is 0. The zero-order valence-electron chi connectivity index (χ0n) is 12.8. The minimum Gasteiger partial charge on any atom is -0.351 e. The Morgan fingerprint density at radius 1 is 1.00 bits per heavy atom. The third kappa shape index (κ3) is 3.11. The minimum atomic E-state index is -0.786. The van der Waals surface area contributed by atoms with E-state index in [1.807, 2.05) is 0 Å². The maximum atomic E-state index is 14.2. The van der Waals surface area contributed by atoms with Gasteiger partial charge in [0.05, 0.1) is 5.41 Å². The van der Waals surface area contributed by atoms with Crippen molar-refractivity contribution in [3.8, 4) is 0 Å². The molecule has 0 spiro atoms. The molecule has 0 bridgehead atoms. The largest absolute Gasteiger partial charge is 0.351 e. The molecule has 3 rings (SSSR count). The summed E-state index contributed by atoms with van der Waals surface area (Å²) in [6.07, 6.45) is 3.14. The van der Waals surface area contributed by atoms with Crippen LogP contribution in [0.4, 0.5) is 8.78 Å². The van der Waals surface area contributed by atoms with Crippen molar-refractivity contribution in [2.24, 2.45) is 0 Å². The van der Waals surface area contributed by atoms with Gasteiger partial charge in [-0.25, -0.2) is 8.78 Å². The molecule has 120 valence electrons. The van der Waals surface area contributed by atoms with Gasteiger partial charge in [0.2, 0.25) is 5.91 Å². The molecule has 2 aromatic carbocycles. The Bertz CT molecular complexity index is 691. The first kappa shape index (κ1) is 15.7. The molecule has 0 atom stereocenters. The molecule has 1 fully saturated rings. The lowest BCUT2D eigenvalue weighted by Gasteiger charge is -2.28. The summed E-state index contributed by atoms with van der Waals surface area (Å²) < 4.78 is 27.2. The van der Waals surface area contributed by atoms with Crippen molar-refractivity contribution in [2.45, 2.75) is 37.6 Å². The Morgan fingerprint density at radius 3 is 2.30 bits per heavy atom. The Hall–Kier alpha value is -2.23. The standard InChI is InChI=1S/C19H19F2NO/c20-15-9-7-14(8-10-15)13-22-18(23)19(11-3-4-12-19)16-5-1-2-6-17(16)21/h1-2,5-10H,3-4,11-13H2,(H,22,23). The number of hydrogen-bond donors (Lipinski definition) is 1. The summed E-state index contributed by atoms with van der Waals surface area (Å²) in [4.78, 5) is 12.8. The third-order valence-electron chi connectivity index (χ3n) is 4.65. The van der Waals surface area contributed by atoms with E-state index in [1.54, 1.807) is 30.3 Å². The topological polar surface area (TPSA) is 29.1 Å². The van der Waals surface area contributed by atoms with Crippen LogP contribution >= 0.6 is 0 Å². The van der Waals surface area contributed by atoms with Gasteiger partial charge in [0.15, 0.2) is 0 Å². The van der Waals surface area contributed by atoms with Crippen molar-refractivity contribution in [3.63, 3.8) is 0 Å². The summed E-state index contributed by atoms with van der Waals surface area (Å²) in [7, 11) is 0. The minimum absolute atomic E-state index is 0.149. The number of nitrogens with one attached hydrogen (secondary N) is 1. The van der Waals surface area contributed by atoms with E-state index in [1.165, 1.54) is 18.2 Å². The molecule has 4 heteroatoms. The Kier molecular flexibility index (Phi) is 4.42. The number of carbonyl (C=O) groups excluding carboxylic acids is 1. The fraction of sp³-hybridized carbons (Fsp3) is 0.316. The molecule has 0 saturated heterocycles. The molecule has 0 heterocycles. The highest BCUT2D eigenvalue weighted by molar-refractivity contribution is 5.88. The van der Waals surface area contributed by atoms with Crippen LogP contribution in [0.1, 0.15) is 36.8 Å².